The van der Waals surface area contributed by atoms with E-state index in [-0.39, 0.29) is 11.2 Å². The molecule has 0 aliphatic heterocycles. The monoisotopic (exact) mass is 479 g/mol. The van der Waals surface area contributed by atoms with Crippen LogP contribution in [0, 0.1) is 0 Å². The van der Waals surface area contributed by atoms with Gasteiger partial charge >= 0.3 is 0 Å². The Morgan fingerprint density at radius 2 is 1.70 bits per heavy atom. The maximum atomic E-state index is 12.7. The number of carbonyl (C=O) groups is 1. The average Bonchev–Trinajstić information content (AvgIpc) is 3.20. The Bertz CT molecular complexity index is 1130. The number of anilines is 1. The number of aromatic nitrogens is 4. The minimum atomic E-state index is -0.370. The molecule has 4 rings (SSSR count). The zero-order chi connectivity index (χ0) is 20.9. The van der Waals surface area contributed by atoms with E-state index in [1.165, 1.54) is 11.8 Å². The molecule has 0 fully saturated rings. The summed E-state index contributed by atoms with van der Waals surface area (Å²) >= 11 is 4.76. The van der Waals surface area contributed by atoms with Gasteiger partial charge in [-0.15, -0.1) is 10.2 Å². The van der Waals surface area contributed by atoms with Gasteiger partial charge in [-0.05, 0) is 55.5 Å². The number of para-hydroxylation sites is 1. The van der Waals surface area contributed by atoms with E-state index in [2.05, 4.69) is 36.4 Å². The molecule has 2 aromatic heterocycles. The van der Waals surface area contributed by atoms with Crippen LogP contribution >= 0.6 is 27.7 Å². The van der Waals surface area contributed by atoms with E-state index in [0.29, 0.717) is 11.0 Å². The molecule has 0 saturated carbocycles. The Morgan fingerprint density at radius 1 is 1.00 bits per heavy atom. The first-order valence-corrected chi connectivity index (χ1v) is 10.9. The highest BCUT2D eigenvalue weighted by atomic mass is 79.9. The van der Waals surface area contributed by atoms with Crippen molar-refractivity contribution in [3.8, 4) is 17.1 Å². The van der Waals surface area contributed by atoms with Crippen LogP contribution < -0.4 is 5.32 Å². The number of nitrogens with zero attached hydrogens (tertiary/aromatic N) is 4. The van der Waals surface area contributed by atoms with Gasteiger partial charge in [0.2, 0.25) is 5.91 Å². The van der Waals surface area contributed by atoms with Crippen LogP contribution in [0.25, 0.3) is 17.1 Å². The van der Waals surface area contributed by atoms with Gasteiger partial charge in [-0.3, -0.25) is 14.3 Å². The Hall–Kier alpha value is -2.97. The van der Waals surface area contributed by atoms with E-state index in [9.17, 15) is 4.79 Å². The van der Waals surface area contributed by atoms with Gasteiger partial charge in [-0.25, -0.2) is 0 Å². The van der Waals surface area contributed by atoms with Gasteiger partial charge < -0.3 is 5.32 Å². The maximum absolute atomic E-state index is 12.7. The third kappa shape index (κ3) is 4.60. The number of carbonyl (C=O) groups excluding carboxylic acids is 1. The number of benzene rings is 2. The zero-order valence-electron chi connectivity index (χ0n) is 16.1. The molecule has 0 saturated heterocycles. The van der Waals surface area contributed by atoms with Gasteiger partial charge in [-0.1, -0.05) is 45.9 Å². The van der Waals surface area contributed by atoms with Crippen molar-refractivity contribution in [1.29, 1.82) is 0 Å². The summed E-state index contributed by atoms with van der Waals surface area (Å²) < 4.78 is 2.92. The average molecular weight is 480 g/mol. The molecule has 8 heteroatoms. The minimum Gasteiger partial charge on any atom is -0.325 e. The SMILES string of the molecule is C[C@H](Sc1nnc(-c2ccncc2)n1-c1ccccc1)C(=O)Nc1ccc(Br)cc1. The van der Waals surface area contributed by atoms with E-state index in [1.54, 1.807) is 12.4 Å². The van der Waals surface area contributed by atoms with Crippen molar-refractivity contribution in [2.24, 2.45) is 0 Å². The molecule has 1 amide bonds. The van der Waals surface area contributed by atoms with E-state index in [1.807, 2.05) is 78.2 Å². The van der Waals surface area contributed by atoms with Gasteiger partial charge in [0.25, 0.3) is 0 Å². The summed E-state index contributed by atoms with van der Waals surface area (Å²) in [5, 5.41) is 12.0. The second-order valence-corrected chi connectivity index (χ2v) is 8.69. The molecule has 1 atom stereocenters. The molecule has 0 spiro atoms. The number of amides is 1. The molecule has 0 bridgehead atoms. The van der Waals surface area contributed by atoms with Crippen molar-refractivity contribution >= 4 is 39.3 Å². The molecular formula is C22H18BrN5OS. The summed E-state index contributed by atoms with van der Waals surface area (Å²) in [6.45, 7) is 1.86. The summed E-state index contributed by atoms with van der Waals surface area (Å²) in [7, 11) is 0. The Balaban J connectivity index is 1.61. The van der Waals surface area contributed by atoms with Crippen LogP contribution in [-0.2, 0) is 4.79 Å². The number of nitrogens with one attached hydrogen (secondary N) is 1. The molecule has 150 valence electrons. The number of halogens is 1. The van der Waals surface area contributed by atoms with E-state index in [4.69, 9.17) is 0 Å². The van der Waals surface area contributed by atoms with Crippen molar-refractivity contribution in [2.45, 2.75) is 17.3 Å². The lowest BCUT2D eigenvalue weighted by Gasteiger charge is -2.14. The van der Waals surface area contributed by atoms with Crippen LogP contribution in [0.3, 0.4) is 0 Å². The van der Waals surface area contributed by atoms with Gasteiger partial charge in [0.15, 0.2) is 11.0 Å². The molecule has 4 aromatic rings. The summed E-state index contributed by atoms with van der Waals surface area (Å²) in [5.74, 6) is 0.599. The van der Waals surface area contributed by atoms with E-state index < -0.39 is 0 Å². The standard InChI is InChI=1S/C22H18BrN5OS/c1-15(21(29)25-18-9-7-17(23)8-10-18)30-22-27-26-20(16-11-13-24-14-12-16)28(22)19-5-3-2-4-6-19/h2-15H,1H3,(H,25,29)/t15-/m0/s1. The third-order valence-corrected chi connectivity index (χ3v) is 5.92. The lowest BCUT2D eigenvalue weighted by atomic mass is 10.2. The summed E-state index contributed by atoms with van der Waals surface area (Å²) in [6.07, 6.45) is 3.45. The smallest absolute Gasteiger partial charge is 0.237 e. The second-order valence-electron chi connectivity index (χ2n) is 6.47. The molecule has 2 aromatic carbocycles. The van der Waals surface area contributed by atoms with E-state index >= 15 is 0 Å². The predicted molar refractivity (Wildman–Crippen MR) is 123 cm³/mol. The second kappa shape index (κ2) is 9.23. The fourth-order valence-electron chi connectivity index (χ4n) is 2.83. The first-order valence-electron chi connectivity index (χ1n) is 9.26. The fraction of sp³-hybridized carbons (Fsp3) is 0.0909. The van der Waals surface area contributed by atoms with Gasteiger partial charge in [0.1, 0.15) is 0 Å². The van der Waals surface area contributed by atoms with Crippen LogP contribution in [0.5, 0.6) is 0 Å². The summed E-state index contributed by atoms with van der Waals surface area (Å²) in [6, 6.07) is 21.1. The van der Waals surface area contributed by atoms with Crippen molar-refractivity contribution in [3.05, 3.63) is 83.6 Å². The van der Waals surface area contributed by atoms with Crippen LogP contribution in [0.4, 0.5) is 5.69 Å². The fourth-order valence-corrected chi connectivity index (χ4v) is 3.96. The normalized spacial score (nSPS) is 11.8. The summed E-state index contributed by atoms with van der Waals surface area (Å²) in [5.41, 5.74) is 2.58. The Kier molecular flexibility index (Phi) is 6.25. The number of pyridine rings is 1. The Morgan fingerprint density at radius 3 is 2.40 bits per heavy atom. The molecule has 1 N–H and O–H groups in total. The van der Waals surface area contributed by atoms with Crippen LogP contribution in [0.15, 0.2) is 88.8 Å². The number of thioether (sulfide) groups is 1. The van der Waals surface area contributed by atoms with Crippen LogP contribution in [-0.4, -0.2) is 30.9 Å². The lowest BCUT2D eigenvalue weighted by molar-refractivity contribution is -0.115. The highest BCUT2D eigenvalue weighted by Crippen LogP contribution is 2.30. The zero-order valence-corrected chi connectivity index (χ0v) is 18.5. The van der Waals surface area contributed by atoms with E-state index in [0.717, 1.165) is 21.4 Å². The first-order chi connectivity index (χ1) is 14.6. The molecule has 0 aliphatic rings. The van der Waals surface area contributed by atoms with Gasteiger partial charge in [0.05, 0.1) is 5.25 Å². The lowest BCUT2D eigenvalue weighted by Crippen LogP contribution is -2.22. The summed E-state index contributed by atoms with van der Waals surface area (Å²) in [4.78, 5) is 16.8. The highest BCUT2D eigenvalue weighted by molar-refractivity contribution is 9.10. The predicted octanol–water partition coefficient (Wildman–Crippen LogP) is 5.21. The topological polar surface area (TPSA) is 72.7 Å². The molecule has 6 nitrogen and oxygen atoms in total. The molecule has 0 unspecified atom stereocenters. The van der Waals surface area contributed by atoms with Crippen LogP contribution in [0.2, 0.25) is 0 Å². The largest absolute Gasteiger partial charge is 0.325 e. The van der Waals surface area contributed by atoms with Crippen molar-refractivity contribution in [2.75, 3.05) is 5.32 Å². The quantitative estimate of drug-likeness (QED) is 0.384. The van der Waals surface area contributed by atoms with Crippen molar-refractivity contribution in [3.63, 3.8) is 0 Å². The maximum Gasteiger partial charge on any atom is 0.237 e. The number of rotatable bonds is 6. The molecule has 0 radical (unpaired) electrons. The molecule has 30 heavy (non-hydrogen) atoms. The van der Waals surface area contributed by atoms with Crippen LogP contribution in [0.1, 0.15) is 6.92 Å². The highest BCUT2D eigenvalue weighted by Gasteiger charge is 2.22. The molecular weight excluding hydrogens is 462 g/mol. The first kappa shape index (κ1) is 20.3. The van der Waals surface area contributed by atoms with Gasteiger partial charge in [-0.2, -0.15) is 0 Å². The molecule has 0 aliphatic carbocycles. The third-order valence-electron chi connectivity index (χ3n) is 4.35. The number of hydrogen-bond donors (Lipinski definition) is 1. The van der Waals surface area contributed by atoms with Gasteiger partial charge in [0, 0.05) is 33.8 Å². The minimum absolute atomic E-state index is 0.101. The number of hydrogen-bond acceptors (Lipinski definition) is 5. The van der Waals surface area contributed by atoms with Crippen molar-refractivity contribution in [1.82, 2.24) is 19.7 Å². The Labute approximate surface area is 186 Å². The van der Waals surface area contributed by atoms with Crippen molar-refractivity contribution < 1.29 is 4.79 Å². The molecule has 2 heterocycles.